The van der Waals surface area contributed by atoms with Gasteiger partial charge in [0.2, 0.25) is 5.43 Å². The molecule has 1 aliphatic heterocycles. The molecule has 0 bridgehead atoms. The minimum Gasteiger partial charge on any atom is -0.477 e. The Morgan fingerprint density at radius 2 is 2.00 bits per heavy atom. The smallest absolute Gasteiger partial charge is 0.341 e. The van der Waals surface area contributed by atoms with Crippen molar-refractivity contribution in [3.63, 3.8) is 0 Å². The zero-order valence-corrected chi connectivity index (χ0v) is 12.9. The Kier molecular flexibility index (Phi) is 4.48. The lowest BCUT2D eigenvalue weighted by atomic mass is 10.1. The lowest BCUT2D eigenvalue weighted by Crippen LogP contribution is -2.43. The molecule has 0 aliphatic carbocycles. The quantitative estimate of drug-likeness (QED) is 0.877. The lowest BCUT2D eigenvalue weighted by Gasteiger charge is -2.30. The first-order valence-corrected chi connectivity index (χ1v) is 7.64. The first-order valence-electron chi connectivity index (χ1n) is 7.64. The van der Waals surface area contributed by atoms with Crippen molar-refractivity contribution in [2.75, 3.05) is 37.8 Å². The summed E-state index contributed by atoms with van der Waals surface area (Å²) in [6, 6.07) is 2.55. The number of hydrogen-bond acceptors (Lipinski definition) is 4. The topological polar surface area (TPSA) is 74.6 Å². The predicted octanol–water partition coefficient (Wildman–Crippen LogP) is 1.22. The monoisotopic (exact) mass is 337 g/mol. The summed E-state index contributed by atoms with van der Waals surface area (Å²) in [6.45, 7) is 1.83. The molecule has 1 fully saturated rings. The van der Waals surface area contributed by atoms with Gasteiger partial charge in [0.1, 0.15) is 18.1 Å². The average molecular weight is 337 g/mol. The lowest BCUT2D eigenvalue weighted by molar-refractivity contribution is 0.0694. The number of aromatic nitrogens is 1. The third kappa shape index (κ3) is 2.84. The van der Waals surface area contributed by atoms with Crippen molar-refractivity contribution in [2.24, 2.45) is 0 Å². The van der Waals surface area contributed by atoms with Crippen LogP contribution in [0.5, 0.6) is 0 Å². The molecule has 0 spiro atoms. The minimum absolute atomic E-state index is 0.0558. The van der Waals surface area contributed by atoms with E-state index >= 15 is 0 Å². The fourth-order valence-electron chi connectivity index (χ4n) is 2.98. The van der Waals surface area contributed by atoms with Gasteiger partial charge in [0, 0.05) is 37.8 Å². The van der Waals surface area contributed by atoms with Crippen LogP contribution in [0.3, 0.4) is 0 Å². The van der Waals surface area contributed by atoms with Gasteiger partial charge in [0.25, 0.3) is 0 Å². The number of alkyl halides is 1. The standard InChI is InChI=1S/C16H17F2N3O3/c17-1-4-21-9-11(16(23)24)15(22)10-7-12(18)14(8-13(10)21)20-5-2-19-3-6-20/h7-9,19H,1-6H2,(H,23,24). The number of rotatable bonds is 4. The van der Waals surface area contributed by atoms with E-state index in [1.54, 1.807) is 0 Å². The summed E-state index contributed by atoms with van der Waals surface area (Å²) in [5.41, 5.74) is -0.597. The van der Waals surface area contributed by atoms with E-state index in [0.29, 0.717) is 37.4 Å². The molecule has 3 rings (SSSR count). The van der Waals surface area contributed by atoms with Crippen molar-refractivity contribution in [3.8, 4) is 0 Å². The minimum atomic E-state index is -1.42. The third-order valence-corrected chi connectivity index (χ3v) is 4.16. The van der Waals surface area contributed by atoms with Gasteiger partial charge in [-0.2, -0.15) is 0 Å². The van der Waals surface area contributed by atoms with Gasteiger partial charge in [-0.05, 0) is 12.1 Å². The van der Waals surface area contributed by atoms with Crippen molar-refractivity contribution in [2.45, 2.75) is 6.54 Å². The van der Waals surface area contributed by atoms with Gasteiger partial charge in [0.05, 0.1) is 17.7 Å². The van der Waals surface area contributed by atoms with Crippen LogP contribution in [0.4, 0.5) is 14.5 Å². The number of carbonyl (C=O) groups is 1. The normalized spacial score (nSPS) is 15.0. The van der Waals surface area contributed by atoms with Crippen LogP contribution in [-0.4, -0.2) is 48.5 Å². The summed E-state index contributed by atoms with van der Waals surface area (Å²) in [5.74, 6) is -2.00. The maximum Gasteiger partial charge on any atom is 0.341 e. The van der Waals surface area contributed by atoms with Crippen LogP contribution in [0.1, 0.15) is 10.4 Å². The van der Waals surface area contributed by atoms with Gasteiger partial charge in [-0.25, -0.2) is 13.6 Å². The number of nitrogens with zero attached hydrogens (tertiary/aromatic N) is 2. The number of halogens is 2. The van der Waals surface area contributed by atoms with Gasteiger partial charge in [-0.3, -0.25) is 4.79 Å². The molecule has 128 valence electrons. The van der Waals surface area contributed by atoms with E-state index in [0.717, 1.165) is 12.3 Å². The summed E-state index contributed by atoms with van der Waals surface area (Å²) < 4.78 is 28.7. The molecular weight excluding hydrogens is 320 g/mol. The third-order valence-electron chi connectivity index (χ3n) is 4.16. The molecule has 0 amide bonds. The van der Waals surface area contributed by atoms with E-state index in [4.69, 9.17) is 5.11 Å². The van der Waals surface area contributed by atoms with Crippen molar-refractivity contribution in [3.05, 3.63) is 39.9 Å². The van der Waals surface area contributed by atoms with Crippen LogP contribution in [0.15, 0.2) is 23.1 Å². The molecular formula is C16H17F2N3O3. The molecule has 0 saturated carbocycles. The molecule has 1 saturated heterocycles. The molecule has 2 N–H and O–H groups in total. The van der Waals surface area contributed by atoms with Crippen LogP contribution in [0, 0.1) is 5.82 Å². The van der Waals surface area contributed by atoms with E-state index in [1.165, 1.54) is 10.6 Å². The zero-order valence-electron chi connectivity index (χ0n) is 12.9. The highest BCUT2D eigenvalue weighted by atomic mass is 19.1. The largest absolute Gasteiger partial charge is 0.477 e. The Balaban J connectivity index is 2.24. The SMILES string of the molecule is O=C(O)c1cn(CCF)c2cc(N3CCNCC3)c(F)cc2c1=O. The Hall–Kier alpha value is -2.48. The second kappa shape index (κ2) is 6.56. The van der Waals surface area contributed by atoms with Crippen LogP contribution in [-0.2, 0) is 6.54 Å². The summed E-state index contributed by atoms with van der Waals surface area (Å²) in [7, 11) is 0. The van der Waals surface area contributed by atoms with E-state index in [1.807, 2.05) is 4.90 Å². The number of aryl methyl sites for hydroxylation is 1. The molecule has 2 heterocycles. The van der Waals surface area contributed by atoms with Crippen molar-refractivity contribution < 1.29 is 18.7 Å². The molecule has 2 aromatic rings. The Labute approximate surface area is 136 Å². The molecule has 0 atom stereocenters. The van der Waals surface area contributed by atoms with Gasteiger partial charge in [-0.15, -0.1) is 0 Å². The fourth-order valence-corrected chi connectivity index (χ4v) is 2.98. The van der Waals surface area contributed by atoms with Gasteiger partial charge in [0.15, 0.2) is 0 Å². The van der Waals surface area contributed by atoms with Gasteiger partial charge in [-0.1, -0.05) is 0 Å². The Bertz CT molecular complexity index is 845. The first-order chi connectivity index (χ1) is 11.5. The van der Waals surface area contributed by atoms with E-state index in [2.05, 4.69) is 5.32 Å². The van der Waals surface area contributed by atoms with Crippen LogP contribution >= 0.6 is 0 Å². The first kappa shape index (κ1) is 16.4. The van der Waals surface area contributed by atoms with Crippen molar-refractivity contribution >= 4 is 22.6 Å². The van der Waals surface area contributed by atoms with E-state index in [-0.39, 0.29) is 11.9 Å². The number of fused-ring (bicyclic) bond motifs is 1. The Morgan fingerprint density at radius 3 is 2.62 bits per heavy atom. The number of pyridine rings is 1. The number of carboxylic acids is 1. The van der Waals surface area contributed by atoms with Crippen molar-refractivity contribution in [1.82, 2.24) is 9.88 Å². The molecule has 6 nitrogen and oxygen atoms in total. The van der Waals surface area contributed by atoms with Crippen LogP contribution in [0.2, 0.25) is 0 Å². The summed E-state index contributed by atoms with van der Waals surface area (Å²) in [5, 5.41) is 12.2. The van der Waals surface area contributed by atoms with E-state index < -0.39 is 29.5 Å². The van der Waals surface area contributed by atoms with E-state index in [9.17, 15) is 18.4 Å². The van der Waals surface area contributed by atoms with Crippen LogP contribution in [0.25, 0.3) is 10.9 Å². The Morgan fingerprint density at radius 1 is 1.29 bits per heavy atom. The number of anilines is 1. The molecule has 0 radical (unpaired) electrons. The number of benzene rings is 1. The van der Waals surface area contributed by atoms with Gasteiger partial charge < -0.3 is 19.9 Å². The molecule has 0 unspecified atom stereocenters. The maximum absolute atomic E-state index is 14.5. The second-order valence-corrected chi connectivity index (χ2v) is 5.62. The highest BCUT2D eigenvalue weighted by Crippen LogP contribution is 2.25. The van der Waals surface area contributed by atoms with Gasteiger partial charge >= 0.3 is 5.97 Å². The maximum atomic E-state index is 14.5. The predicted molar refractivity (Wildman–Crippen MR) is 86.2 cm³/mol. The zero-order chi connectivity index (χ0) is 17.3. The summed E-state index contributed by atoms with van der Waals surface area (Å²) in [6.07, 6.45) is 1.12. The molecule has 1 aliphatic rings. The molecule has 1 aromatic carbocycles. The number of carboxylic acid groups (broad SMARTS) is 1. The average Bonchev–Trinajstić information content (AvgIpc) is 2.57. The van der Waals surface area contributed by atoms with Crippen LogP contribution < -0.4 is 15.6 Å². The highest BCUT2D eigenvalue weighted by molar-refractivity contribution is 5.93. The fraction of sp³-hybridized carbons (Fsp3) is 0.375. The summed E-state index contributed by atoms with van der Waals surface area (Å²) in [4.78, 5) is 25.3. The number of aromatic carboxylic acids is 1. The second-order valence-electron chi connectivity index (χ2n) is 5.62. The summed E-state index contributed by atoms with van der Waals surface area (Å²) >= 11 is 0. The molecule has 1 aromatic heterocycles. The number of nitrogens with one attached hydrogen (secondary N) is 1. The number of piperazine rings is 1. The number of hydrogen-bond donors (Lipinski definition) is 2. The van der Waals surface area contributed by atoms with Crippen molar-refractivity contribution in [1.29, 1.82) is 0 Å². The molecule has 24 heavy (non-hydrogen) atoms. The highest BCUT2D eigenvalue weighted by Gasteiger charge is 2.20. The molecule has 8 heteroatoms.